The molecule has 2 aliphatic heterocycles. The molecule has 0 radical (unpaired) electrons. The standard InChI is InChI=1S/C14H19BrN2S/c15-12-1-2-14-13(9-12)17(7-8-18-14)10-11-3-5-16-6-4-11/h1-2,9,11,16H,3-8,10H2. The molecule has 2 aliphatic rings. The highest BCUT2D eigenvalue weighted by molar-refractivity contribution is 9.10. The van der Waals surface area contributed by atoms with E-state index in [9.17, 15) is 0 Å². The van der Waals surface area contributed by atoms with Crippen LogP contribution < -0.4 is 10.2 Å². The van der Waals surface area contributed by atoms with Crippen molar-refractivity contribution in [2.75, 3.05) is 36.8 Å². The van der Waals surface area contributed by atoms with Crippen LogP contribution in [0.2, 0.25) is 0 Å². The van der Waals surface area contributed by atoms with Crippen molar-refractivity contribution in [1.29, 1.82) is 0 Å². The molecule has 0 aliphatic carbocycles. The Morgan fingerprint density at radius 1 is 1.33 bits per heavy atom. The Balaban J connectivity index is 1.75. The minimum Gasteiger partial charge on any atom is -0.369 e. The molecule has 1 N–H and O–H groups in total. The first-order valence-electron chi connectivity index (χ1n) is 6.71. The van der Waals surface area contributed by atoms with E-state index in [1.807, 2.05) is 11.8 Å². The number of halogens is 1. The Labute approximate surface area is 122 Å². The Kier molecular flexibility index (Phi) is 4.16. The van der Waals surface area contributed by atoms with E-state index in [4.69, 9.17) is 0 Å². The smallest absolute Gasteiger partial charge is 0.0516 e. The summed E-state index contributed by atoms with van der Waals surface area (Å²) < 4.78 is 1.19. The molecule has 2 heterocycles. The minimum atomic E-state index is 0.862. The van der Waals surface area contributed by atoms with Crippen molar-refractivity contribution in [1.82, 2.24) is 5.32 Å². The van der Waals surface area contributed by atoms with Crippen LogP contribution in [0.4, 0.5) is 5.69 Å². The highest BCUT2D eigenvalue weighted by atomic mass is 79.9. The number of rotatable bonds is 2. The molecule has 1 aromatic rings. The van der Waals surface area contributed by atoms with Crippen molar-refractivity contribution in [3.8, 4) is 0 Å². The Morgan fingerprint density at radius 2 is 2.17 bits per heavy atom. The second-order valence-corrected chi connectivity index (χ2v) is 7.15. The van der Waals surface area contributed by atoms with Gasteiger partial charge in [0.05, 0.1) is 5.69 Å². The Morgan fingerprint density at radius 3 is 3.00 bits per heavy atom. The quantitative estimate of drug-likeness (QED) is 0.897. The van der Waals surface area contributed by atoms with Crippen LogP contribution in [0, 0.1) is 5.92 Å². The van der Waals surface area contributed by atoms with Gasteiger partial charge in [0.1, 0.15) is 0 Å². The monoisotopic (exact) mass is 326 g/mol. The SMILES string of the molecule is Brc1ccc2c(c1)N(CC1CCNCC1)CCS2. The van der Waals surface area contributed by atoms with E-state index in [0.29, 0.717) is 0 Å². The Hall–Kier alpha value is -0.190. The number of nitrogens with zero attached hydrogens (tertiary/aromatic N) is 1. The lowest BCUT2D eigenvalue weighted by Gasteiger charge is -2.35. The third-order valence-electron chi connectivity index (χ3n) is 3.82. The van der Waals surface area contributed by atoms with Crippen molar-refractivity contribution in [3.05, 3.63) is 22.7 Å². The van der Waals surface area contributed by atoms with E-state index in [-0.39, 0.29) is 0 Å². The maximum Gasteiger partial charge on any atom is 0.0516 e. The molecule has 1 aromatic carbocycles. The van der Waals surface area contributed by atoms with Gasteiger partial charge in [0, 0.05) is 28.2 Å². The van der Waals surface area contributed by atoms with Crippen molar-refractivity contribution in [2.45, 2.75) is 17.7 Å². The largest absolute Gasteiger partial charge is 0.369 e. The van der Waals surface area contributed by atoms with Gasteiger partial charge >= 0.3 is 0 Å². The fraction of sp³-hybridized carbons (Fsp3) is 0.571. The second kappa shape index (κ2) is 5.85. The zero-order valence-corrected chi connectivity index (χ0v) is 12.9. The van der Waals surface area contributed by atoms with E-state index in [2.05, 4.69) is 44.3 Å². The molecule has 4 heteroatoms. The summed E-state index contributed by atoms with van der Waals surface area (Å²) in [6.07, 6.45) is 2.65. The zero-order chi connectivity index (χ0) is 12.4. The third-order valence-corrected chi connectivity index (χ3v) is 5.35. The topological polar surface area (TPSA) is 15.3 Å². The van der Waals surface area contributed by atoms with Crippen molar-refractivity contribution < 1.29 is 0 Å². The van der Waals surface area contributed by atoms with Crippen LogP contribution in [0.1, 0.15) is 12.8 Å². The normalized spacial score (nSPS) is 20.8. The maximum absolute atomic E-state index is 3.60. The number of nitrogens with one attached hydrogen (secondary N) is 1. The minimum absolute atomic E-state index is 0.862. The van der Waals surface area contributed by atoms with Gasteiger partial charge in [0.25, 0.3) is 0 Å². The van der Waals surface area contributed by atoms with E-state index in [1.165, 1.54) is 59.8 Å². The molecule has 0 atom stereocenters. The molecule has 0 saturated carbocycles. The number of piperidine rings is 1. The van der Waals surface area contributed by atoms with E-state index in [0.717, 1.165) is 5.92 Å². The Bertz CT molecular complexity index is 418. The molecule has 98 valence electrons. The fourth-order valence-corrected chi connectivity index (χ4v) is 4.19. The lowest BCUT2D eigenvalue weighted by molar-refractivity contribution is 0.374. The van der Waals surface area contributed by atoms with Crippen LogP contribution >= 0.6 is 27.7 Å². The molecule has 0 spiro atoms. The van der Waals surface area contributed by atoms with Crippen molar-refractivity contribution in [3.63, 3.8) is 0 Å². The van der Waals surface area contributed by atoms with E-state index >= 15 is 0 Å². The van der Waals surface area contributed by atoms with Gasteiger partial charge in [0.15, 0.2) is 0 Å². The maximum atomic E-state index is 3.60. The van der Waals surface area contributed by atoms with Crippen molar-refractivity contribution in [2.24, 2.45) is 5.92 Å². The highest BCUT2D eigenvalue weighted by Crippen LogP contribution is 2.37. The summed E-state index contributed by atoms with van der Waals surface area (Å²) in [5, 5.41) is 3.45. The van der Waals surface area contributed by atoms with Crippen LogP contribution in [-0.4, -0.2) is 31.9 Å². The first kappa shape index (κ1) is 12.8. The lowest BCUT2D eigenvalue weighted by atomic mass is 9.97. The van der Waals surface area contributed by atoms with E-state index < -0.39 is 0 Å². The number of anilines is 1. The average Bonchev–Trinajstić information content (AvgIpc) is 2.41. The lowest BCUT2D eigenvalue weighted by Crippen LogP contribution is -2.38. The summed E-state index contributed by atoms with van der Waals surface area (Å²) in [7, 11) is 0. The van der Waals surface area contributed by atoms with Gasteiger partial charge in [-0.1, -0.05) is 15.9 Å². The van der Waals surface area contributed by atoms with Crippen LogP contribution in [-0.2, 0) is 0 Å². The highest BCUT2D eigenvalue weighted by Gasteiger charge is 2.22. The molecule has 2 nitrogen and oxygen atoms in total. The molecule has 0 unspecified atom stereocenters. The second-order valence-electron chi connectivity index (χ2n) is 5.10. The first-order chi connectivity index (χ1) is 8.83. The predicted molar refractivity (Wildman–Crippen MR) is 82.7 cm³/mol. The van der Waals surface area contributed by atoms with Gasteiger partial charge in [-0.2, -0.15) is 0 Å². The van der Waals surface area contributed by atoms with Crippen LogP contribution in [0.15, 0.2) is 27.6 Å². The summed E-state index contributed by atoms with van der Waals surface area (Å²) in [5.74, 6) is 2.08. The third kappa shape index (κ3) is 2.86. The molecule has 0 amide bonds. The molecule has 1 fully saturated rings. The van der Waals surface area contributed by atoms with Crippen LogP contribution in [0.5, 0.6) is 0 Å². The molecule has 1 saturated heterocycles. The summed E-state index contributed by atoms with van der Waals surface area (Å²) in [4.78, 5) is 4.03. The van der Waals surface area contributed by atoms with Gasteiger partial charge in [-0.15, -0.1) is 11.8 Å². The predicted octanol–water partition coefficient (Wildman–Crippen LogP) is 3.36. The van der Waals surface area contributed by atoms with Crippen molar-refractivity contribution >= 4 is 33.4 Å². The molecule has 18 heavy (non-hydrogen) atoms. The zero-order valence-electron chi connectivity index (χ0n) is 10.5. The van der Waals surface area contributed by atoms with Crippen LogP contribution in [0.3, 0.4) is 0 Å². The van der Waals surface area contributed by atoms with Gasteiger partial charge in [-0.3, -0.25) is 0 Å². The molecular weight excluding hydrogens is 308 g/mol. The summed E-state index contributed by atoms with van der Waals surface area (Å²) in [6.45, 7) is 4.81. The summed E-state index contributed by atoms with van der Waals surface area (Å²) in [6, 6.07) is 6.68. The molecule has 0 aromatic heterocycles. The molecule has 0 bridgehead atoms. The van der Waals surface area contributed by atoms with Crippen LogP contribution in [0.25, 0.3) is 0 Å². The fourth-order valence-electron chi connectivity index (χ4n) is 2.81. The summed E-state index contributed by atoms with van der Waals surface area (Å²) in [5.41, 5.74) is 1.43. The summed E-state index contributed by atoms with van der Waals surface area (Å²) >= 11 is 5.59. The number of fused-ring (bicyclic) bond motifs is 1. The number of thioether (sulfide) groups is 1. The molecular formula is C14H19BrN2S. The average molecular weight is 327 g/mol. The van der Waals surface area contributed by atoms with Gasteiger partial charge in [-0.05, 0) is 50.0 Å². The van der Waals surface area contributed by atoms with Gasteiger partial charge < -0.3 is 10.2 Å². The number of hydrogen-bond acceptors (Lipinski definition) is 3. The number of benzene rings is 1. The van der Waals surface area contributed by atoms with Gasteiger partial charge in [0.2, 0.25) is 0 Å². The molecule has 3 rings (SSSR count). The number of hydrogen-bond donors (Lipinski definition) is 1. The van der Waals surface area contributed by atoms with E-state index in [1.54, 1.807) is 0 Å². The van der Waals surface area contributed by atoms with Gasteiger partial charge in [-0.25, -0.2) is 0 Å². The first-order valence-corrected chi connectivity index (χ1v) is 8.49.